The SMILES string of the molecule is Cn1nccc1-c1nn(-c2ccccc2Br)cc1C=O. The zero-order chi connectivity index (χ0) is 14.1. The predicted molar refractivity (Wildman–Crippen MR) is 78.9 cm³/mol. The quantitative estimate of drug-likeness (QED) is 0.694. The van der Waals surface area contributed by atoms with Crippen molar-refractivity contribution >= 4 is 22.2 Å². The molecule has 0 aliphatic carbocycles. The fraction of sp³-hybridized carbons (Fsp3) is 0.0714. The molecule has 6 heteroatoms. The van der Waals surface area contributed by atoms with Gasteiger partial charge in [0.1, 0.15) is 5.69 Å². The number of halogens is 1. The Balaban J connectivity index is 2.17. The number of benzene rings is 1. The van der Waals surface area contributed by atoms with Crippen molar-refractivity contribution in [2.45, 2.75) is 0 Å². The van der Waals surface area contributed by atoms with Crippen molar-refractivity contribution < 1.29 is 4.79 Å². The molecule has 0 spiro atoms. The van der Waals surface area contributed by atoms with Crippen LogP contribution in [0.4, 0.5) is 0 Å². The van der Waals surface area contributed by atoms with Gasteiger partial charge in [-0.25, -0.2) is 4.68 Å². The number of hydrogen-bond acceptors (Lipinski definition) is 3. The molecule has 2 heterocycles. The molecule has 0 unspecified atom stereocenters. The van der Waals surface area contributed by atoms with Crippen LogP contribution in [-0.4, -0.2) is 25.8 Å². The van der Waals surface area contributed by atoms with Gasteiger partial charge in [-0.1, -0.05) is 12.1 Å². The Kier molecular flexibility index (Phi) is 3.23. The molecule has 2 aromatic heterocycles. The van der Waals surface area contributed by atoms with E-state index in [1.165, 1.54) is 0 Å². The Hall–Kier alpha value is -2.21. The maximum Gasteiger partial charge on any atom is 0.153 e. The molecule has 1 aromatic carbocycles. The third-order valence-electron chi connectivity index (χ3n) is 3.03. The number of aromatic nitrogens is 4. The van der Waals surface area contributed by atoms with Gasteiger partial charge in [0, 0.05) is 23.9 Å². The second kappa shape index (κ2) is 5.05. The first-order chi connectivity index (χ1) is 9.70. The highest BCUT2D eigenvalue weighted by atomic mass is 79.9. The molecular weight excluding hydrogens is 320 g/mol. The normalized spacial score (nSPS) is 10.7. The van der Waals surface area contributed by atoms with Crippen LogP contribution in [0.1, 0.15) is 10.4 Å². The number of rotatable bonds is 3. The van der Waals surface area contributed by atoms with E-state index in [1.54, 1.807) is 21.8 Å². The van der Waals surface area contributed by atoms with Crippen LogP contribution >= 0.6 is 15.9 Å². The number of carbonyl (C=O) groups excluding carboxylic acids is 1. The van der Waals surface area contributed by atoms with Crippen LogP contribution in [0.15, 0.2) is 47.2 Å². The Morgan fingerprint density at radius 3 is 2.70 bits per heavy atom. The molecular formula is C14H11BrN4O. The molecule has 0 atom stereocenters. The molecule has 0 saturated heterocycles. The zero-order valence-corrected chi connectivity index (χ0v) is 12.3. The summed E-state index contributed by atoms with van der Waals surface area (Å²) >= 11 is 3.49. The molecule has 0 radical (unpaired) electrons. The van der Waals surface area contributed by atoms with E-state index >= 15 is 0 Å². The van der Waals surface area contributed by atoms with E-state index in [9.17, 15) is 4.79 Å². The van der Waals surface area contributed by atoms with Gasteiger partial charge in [0.25, 0.3) is 0 Å². The molecule has 0 amide bonds. The summed E-state index contributed by atoms with van der Waals surface area (Å²) < 4.78 is 4.30. The van der Waals surface area contributed by atoms with Crippen molar-refractivity contribution in [3.8, 4) is 17.1 Å². The average Bonchev–Trinajstić information content (AvgIpc) is 3.04. The summed E-state index contributed by atoms with van der Waals surface area (Å²) in [4.78, 5) is 11.3. The monoisotopic (exact) mass is 330 g/mol. The van der Waals surface area contributed by atoms with E-state index in [0.717, 1.165) is 22.1 Å². The van der Waals surface area contributed by atoms with Crippen molar-refractivity contribution in [3.05, 3.63) is 52.8 Å². The van der Waals surface area contributed by atoms with Crippen molar-refractivity contribution in [2.24, 2.45) is 7.05 Å². The third-order valence-corrected chi connectivity index (χ3v) is 3.70. The van der Waals surface area contributed by atoms with Crippen molar-refractivity contribution in [2.75, 3.05) is 0 Å². The van der Waals surface area contributed by atoms with Crippen LogP contribution in [0, 0.1) is 0 Å². The number of aryl methyl sites for hydroxylation is 1. The Labute approximate surface area is 124 Å². The lowest BCUT2D eigenvalue weighted by Crippen LogP contribution is -1.98. The number of para-hydroxylation sites is 1. The summed E-state index contributed by atoms with van der Waals surface area (Å²) in [5.74, 6) is 0. The Morgan fingerprint density at radius 1 is 1.25 bits per heavy atom. The van der Waals surface area contributed by atoms with Gasteiger partial charge in [-0.15, -0.1) is 0 Å². The van der Waals surface area contributed by atoms with Crippen LogP contribution in [0.3, 0.4) is 0 Å². The molecule has 20 heavy (non-hydrogen) atoms. The van der Waals surface area contributed by atoms with Crippen LogP contribution in [0.5, 0.6) is 0 Å². The number of carbonyl (C=O) groups is 1. The highest BCUT2D eigenvalue weighted by molar-refractivity contribution is 9.10. The van der Waals surface area contributed by atoms with Crippen LogP contribution in [0.25, 0.3) is 17.1 Å². The van der Waals surface area contributed by atoms with Crippen molar-refractivity contribution in [1.29, 1.82) is 0 Å². The number of nitrogens with zero attached hydrogens (tertiary/aromatic N) is 4. The standard InChI is InChI=1S/C14H11BrN4O/c1-18-13(6-7-16-18)14-10(9-20)8-19(17-14)12-5-3-2-4-11(12)15/h2-9H,1H3. The summed E-state index contributed by atoms with van der Waals surface area (Å²) in [6, 6.07) is 9.55. The second-order valence-corrected chi connectivity index (χ2v) is 5.14. The highest BCUT2D eigenvalue weighted by Crippen LogP contribution is 2.25. The van der Waals surface area contributed by atoms with Gasteiger partial charge in [-0.2, -0.15) is 10.2 Å². The summed E-state index contributed by atoms with van der Waals surface area (Å²) in [5.41, 5.74) is 2.84. The fourth-order valence-corrected chi connectivity index (χ4v) is 2.51. The fourth-order valence-electron chi connectivity index (χ4n) is 2.04. The number of aldehydes is 1. The summed E-state index contributed by atoms with van der Waals surface area (Å²) in [6.07, 6.45) is 4.21. The largest absolute Gasteiger partial charge is 0.298 e. The molecule has 0 bridgehead atoms. The van der Waals surface area contributed by atoms with E-state index in [-0.39, 0.29) is 0 Å². The van der Waals surface area contributed by atoms with E-state index in [1.807, 2.05) is 37.4 Å². The topological polar surface area (TPSA) is 52.7 Å². The van der Waals surface area contributed by atoms with E-state index in [0.29, 0.717) is 11.3 Å². The van der Waals surface area contributed by atoms with Gasteiger partial charge in [-0.05, 0) is 34.1 Å². The van der Waals surface area contributed by atoms with Crippen molar-refractivity contribution in [1.82, 2.24) is 19.6 Å². The second-order valence-electron chi connectivity index (χ2n) is 4.29. The lowest BCUT2D eigenvalue weighted by Gasteiger charge is -2.03. The van der Waals surface area contributed by atoms with E-state index < -0.39 is 0 Å². The highest BCUT2D eigenvalue weighted by Gasteiger charge is 2.15. The van der Waals surface area contributed by atoms with Gasteiger partial charge in [0.2, 0.25) is 0 Å². The van der Waals surface area contributed by atoms with Crippen LogP contribution < -0.4 is 0 Å². The molecule has 0 saturated carbocycles. The molecule has 3 rings (SSSR count). The minimum Gasteiger partial charge on any atom is -0.298 e. The minimum atomic E-state index is 0.532. The van der Waals surface area contributed by atoms with Crippen LogP contribution in [-0.2, 0) is 7.05 Å². The maximum absolute atomic E-state index is 11.3. The molecule has 0 aliphatic heterocycles. The predicted octanol–water partition coefficient (Wildman–Crippen LogP) is 2.85. The van der Waals surface area contributed by atoms with Gasteiger partial charge in [-0.3, -0.25) is 9.48 Å². The molecule has 0 N–H and O–H groups in total. The van der Waals surface area contributed by atoms with Gasteiger partial charge in [0.15, 0.2) is 6.29 Å². The average molecular weight is 331 g/mol. The Bertz CT molecular complexity index is 775. The maximum atomic E-state index is 11.3. The van der Waals surface area contributed by atoms with Crippen LogP contribution in [0.2, 0.25) is 0 Å². The van der Waals surface area contributed by atoms with E-state index in [4.69, 9.17) is 0 Å². The molecule has 5 nitrogen and oxygen atoms in total. The van der Waals surface area contributed by atoms with E-state index in [2.05, 4.69) is 26.1 Å². The molecule has 0 aliphatic rings. The summed E-state index contributed by atoms with van der Waals surface area (Å²) in [5, 5.41) is 8.62. The summed E-state index contributed by atoms with van der Waals surface area (Å²) in [6.45, 7) is 0. The Morgan fingerprint density at radius 2 is 2.05 bits per heavy atom. The minimum absolute atomic E-state index is 0.532. The smallest absolute Gasteiger partial charge is 0.153 e. The molecule has 100 valence electrons. The first-order valence-electron chi connectivity index (χ1n) is 5.99. The number of hydrogen-bond donors (Lipinski definition) is 0. The summed E-state index contributed by atoms with van der Waals surface area (Å²) in [7, 11) is 1.82. The zero-order valence-electron chi connectivity index (χ0n) is 10.7. The lowest BCUT2D eigenvalue weighted by atomic mass is 10.2. The van der Waals surface area contributed by atoms with Gasteiger partial charge >= 0.3 is 0 Å². The molecule has 3 aromatic rings. The van der Waals surface area contributed by atoms with Gasteiger partial charge < -0.3 is 0 Å². The first kappa shape index (κ1) is 12.8. The molecule has 0 fully saturated rings. The van der Waals surface area contributed by atoms with Gasteiger partial charge in [0.05, 0.1) is 16.9 Å². The first-order valence-corrected chi connectivity index (χ1v) is 6.78. The van der Waals surface area contributed by atoms with Crippen molar-refractivity contribution in [3.63, 3.8) is 0 Å². The third kappa shape index (κ3) is 2.08. The lowest BCUT2D eigenvalue weighted by molar-refractivity contribution is 0.112.